The zero-order chi connectivity index (χ0) is 89.7. The van der Waals surface area contributed by atoms with E-state index in [2.05, 4.69) is 0 Å². The number of carbonyl (C=O) groups is 9. The fourth-order valence-corrected chi connectivity index (χ4v) is 12.9. The summed E-state index contributed by atoms with van der Waals surface area (Å²) >= 11 is 0. The van der Waals surface area contributed by atoms with E-state index in [0.717, 1.165) is 0 Å². The first kappa shape index (κ1) is 83.6. The Labute approximate surface area is 676 Å². The third-order valence-electron chi connectivity index (χ3n) is 18.9. The molecular weight excluding hydrogens is 1670 g/mol. The number of fused-ring (bicyclic) bond motifs is 8. The maximum Gasteiger partial charge on any atom is 0.344 e. The lowest BCUT2D eigenvalue weighted by molar-refractivity contribution is -0.284. The summed E-state index contributed by atoms with van der Waals surface area (Å²) in [6.07, 6.45) is -27.6. The van der Waals surface area contributed by atoms with Gasteiger partial charge in [-0.1, -0.05) is 0 Å². The Balaban J connectivity index is 0.962. The molecule has 0 unspecified atom stereocenters. The zero-order valence-electron chi connectivity index (χ0n) is 60.3. The van der Waals surface area contributed by atoms with Crippen LogP contribution in [0.4, 0.5) is 0 Å². The molecule has 13 rings (SSSR count). The number of hydrogen-bond donors (Lipinski definition) is 27. The molecule has 4 aliphatic heterocycles. The smallest absolute Gasteiger partial charge is 0.344 e. The van der Waals surface area contributed by atoms with E-state index in [1.54, 1.807) is 0 Å². The molecule has 9 aromatic carbocycles. The van der Waals surface area contributed by atoms with Crippen LogP contribution in [0.15, 0.2) is 78.9 Å². The molecular formula is C75H54O48. The van der Waals surface area contributed by atoms with E-state index in [4.69, 9.17) is 56.8 Å². The zero-order valence-corrected chi connectivity index (χ0v) is 60.3. The molecule has 10 atom stereocenters. The summed E-state index contributed by atoms with van der Waals surface area (Å²) in [5.41, 5.74) is -16.2. The maximum atomic E-state index is 15.5. The lowest BCUT2D eigenvalue weighted by Gasteiger charge is -2.43. The number of hydrogen-bond acceptors (Lipinski definition) is 48. The number of benzene rings is 9. The van der Waals surface area contributed by atoms with Crippen LogP contribution in [-0.2, 0) is 52.1 Å². The first-order chi connectivity index (χ1) is 57.9. The van der Waals surface area contributed by atoms with Crippen molar-refractivity contribution in [3.8, 4) is 183 Å². The number of carbonyl (C=O) groups excluding carboxylic acids is 9. The van der Waals surface area contributed by atoms with Crippen LogP contribution < -0.4 is 4.74 Å². The predicted octanol–water partition coefficient (Wildman–Crippen LogP) is 2.75. The fourth-order valence-electron chi connectivity index (χ4n) is 12.9. The van der Waals surface area contributed by atoms with Crippen molar-refractivity contribution in [2.45, 2.75) is 61.4 Å². The first-order valence-electron chi connectivity index (χ1n) is 34.1. The average molecular weight is 1720 g/mol. The van der Waals surface area contributed by atoms with Crippen LogP contribution >= 0.6 is 0 Å². The number of phenolic OH excluding ortho intramolecular Hbond substituents is 26. The van der Waals surface area contributed by atoms with Crippen LogP contribution in [-0.4, -0.2) is 266 Å². The quantitative estimate of drug-likeness (QED) is 0.0475. The van der Waals surface area contributed by atoms with Crippen LogP contribution in [0.25, 0.3) is 22.3 Å². The third-order valence-corrected chi connectivity index (χ3v) is 18.9. The Morgan fingerprint density at radius 1 is 0.285 bits per heavy atom. The molecule has 123 heavy (non-hydrogen) atoms. The molecule has 48 nitrogen and oxygen atoms in total. The highest BCUT2D eigenvalue weighted by atomic mass is 16.8. The number of aliphatic hydroxyl groups excluding tert-OH is 1. The second-order valence-corrected chi connectivity index (χ2v) is 26.5. The van der Waals surface area contributed by atoms with Gasteiger partial charge in [0.15, 0.2) is 163 Å². The van der Waals surface area contributed by atoms with Gasteiger partial charge in [-0.25, -0.2) is 43.2 Å². The minimum absolute atomic E-state index is 0.0840. The Morgan fingerprint density at radius 3 is 0.935 bits per heavy atom. The topological polar surface area (TPSA) is 811 Å². The van der Waals surface area contributed by atoms with E-state index in [1.165, 1.54) is 0 Å². The lowest BCUT2D eigenvalue weighted by Crippen LogP contribution is -2.63. The van der Waals surface area contributed by atoms with Crippen molar-refractivity contribution in [2.24, 2.45) is 0 Å². The first-order valence-corrected chi connectivity index (χ1v) is 34.1. The van der Waals surface area contributed by atoms with E-state index in [9.17, 15) is 167 Å². The van der Waals surface area contributed by atoms with E-state index in [-0.39, 0.29) is 18.2 Å². The highest BCUT2D eigenvalue weighted by molar-refractivity contribution is 6.10. The van der Waals surface area contributed by atoms with E-state index in [1.807, 2.05) is 0 Å². The number of ether oxygens (including phenoxy) is 12. The van der Waals surface area contributed by atoms with Gasteiger partial charge in [0.25, 0.3) is 0 Å². The van der Waals surface area contributed by atoms with Crippen molar-refractivity contribution in [3.63, 3.8) is 0 Å². The minimum Gasteiger partial charge on any atom is -0.504 e. The third kappa shape index (κ3) is 14.8. The SMILES string of the molecule is O=C(O[C@@H]1[C@@H](OC(=O)c2cc(O)c(O)c(O)c2)[C@H](O)O[C@@H]2COC(=O)c3cc(O)c(O)c(O)c3-c3c(cc(Oc4c(C(=O)O[C@@H]5O[C@@H]6COC(=O)c7cc(O)c(O)c(O)c7-c7c(cc(O)c(O)c7O)C(=O)O[C@H]6[C@H](OC(=O)c6cc(O)c(O)c(O)c6)[C@H]5OC(=O)c5cc(O)c(O)c(O)c5)cc(O)c(O)c4O)c(O)c3O)C(=O)O[C@@H]12)c1cc(O)c(O)c(O)c1. The maximum absolute atomic E-state index is 15.5. The van der Waals surface area contributed by atoms with Crippen molar-refractivity contribution < 1.29 is 238 Å². The Hall–Kier alpha value is -17.3. The van der Waals surface area contributed by atoms with E-state index < -0.39 is 362 Å². The minimum atomic E-state index is -3.12. The Morgan fingerprint density at radius 2 is 0.569 bits per heavy atom. The van der Waals surface area contributed by atoms with Gasteiger partial charge in [-0.3, -0.25) is 0 Å². The molecule has 0 bridgehead atoms. The van der Waals surface area contributed by atoms with Gasteiger partial charge in [0.2, 0.25) is 46.9 Å². The normalized spacial score (nSPS) is 19.8. The van der Waals surface area contributed by atoms with Gasteiger partial charge in [0.1, 0.15) is 31.0 Å². The van der Waals surface area contributed by atoms with Crippen LogP contribution in [0, 0.1) is 0 Å². The van der Waals surface area contributed by atoms with Crippen molar-refractivity contribution in [1.82, 2.24) is 0 Å². The standard InChI is InChI=1S/C75H54O48/c76-25-1-16(2-26(77)44(25)88)65(102)119-61-59-38(115-74(111)63(61)121-67(104)18-5-29(80)46(90)30(81)6-18)14-112-69(106)21-10-34(85)49(93)54(98)41(21)43-23(72(109)117-59)13-37(52(96)56(43)100)114-58-24(12-36(87)51(95)57(58)101)73(110)123-75-64(122-68(105)19-7-31(82)47(91)32(83)8-19)62(120-66(103)17-3-27(78)45(89)28(79)4-17)60-39(116-75)15-113-70(107)20-9-33(84)48(92)53(97)40(20)42-22(71(108)118-60)11-35(86)50(94)55(42)99/h1-13,38-39,59-64,74-101,111H,14-15H2/t38-,39-,59-,60-,61+,62+,63-,64-,74-,75+/m1/s1. The number of cyclic esters (lactones) is 2. The van der Waals surface area contributed by atoms with Gasteiger partial charge in [0.05, 0.1) is 44.5 Å². The van der Waals surface area contributed by atoms with Crippen molar-refractivity contribution in [2.75, 3.05) is 13.2 Å². The van der Waals surface area contributed by atoms with Gasteiger partial charge in [-0.05, 0) is 66.7 Å². The molecule has 2 fully saturated rings. The molecule has 27 N–H and O–H groups in total. The summed E-state index contributed by atoms with van der Waals surface area (Å²) in [6, 6.07) is 4.44. The van der Waals surface area contributed by atoms with E-state index in [0.29, 0.717) is 60.7 Å². The van der Waals surface area contributed by atoms with Crippen LogP contribution in [0.5, 0.6) is 161 Å². The summed E-state index contributed by atoms with van der Waals surface area (Å²) in [7, 11) is 0. The second kappa shape index (κ2) is 31.3. The highest BCUT2D eigenvalue weighted by Crippen LogP contribution is 2.58. The number of esters is 9. The number of aromatic hydroxyl groups is 26. The van der Waals surface area contributed by atoms with Crippen LogP contribution in [0.2, 0.25) is 0 Å². The summed E-state index contributed by atoms with van der Waals surface area (Å²) in [5, 5.41) is 294. The number of aliphatic hydroxyl groups is 1. The largest absolute Gasteiger partial charge is 0.504 e. The van der Waals surface area contributed by atoms with Crippen LogP contribution in [0.1, 0.15) is 93.2 Å². The molecule has 48 heteroatoms. The molecule has 9 aromatic rings. The lowest BCUT2D eigenvalue weighted by atomic mass is 9.91. The van der Waals surface area contributed by atoms with Gasteiger partial charge in [0, 0.05) is 34.4 Å². The summed E-state index contributed by atoms with van der Waals surface area (Å²) in [4.78, 5) is 132. The second-order valence-electron chi connectivity index (χ2n) is 26.5. The summed E-state index contributed by atoms with van der Waals surface area (Å²) in [6.45, 7) is -3.00. The van der Waals surface area contributed by atoms with E-state index >= 15 is 14.4 Å². The molecule has 0 aromatic heterocycles. The Kier molecular flexibility index (Phi) is 21.3. The van der Waals surface area contributed by atoms with Gasteiger partial charge in [-0.2, -0.15) is 0 Å². The Bertz CT molecular complexity index is 5970. The molecule has 0 aliphatic carbocycles. The molecule has 0 spiro atoms. The molecule has 0 radical (unpaired) electrons. The summed E-state index contributed by atoms with van der Waals surface area (Å²) in [5.74, 6) is -59.0. The molecule has 0 saturated carbocycles. The number of phenols is 26. The number of rotatable bonds is 12. The van der Waals surface area contributed by atoms with Gasteiger partial charge in [-0.15, -0.1) is 0 Å². The molecule has 4 aliphatic rings. The van der Waals surface area contributed by atoms with Gasteiger partial charge < -0.3 is 195 Å². The van der Waals surface area contributed by atoms with Gasteiger partial charge >= 0.3 is 53.7 Å². The predicted molar refractivity (Wildman–Crippen MR) is 380 cm³/mol. The highest BCUT2D eigenvalue weighted by Gasteiger charge is 2.57. The monoisotopic (exact) mass is 1720 g/mol. The van der Waals surface area contributed by atoms with Crippen molar-refractivity contribution in [1.29, 1.82) is 0 Å². The molecule has 2 saturated heterocycles. The molecule has 0 amide bonds. The average Bonchev–Trinajstić information content (AvgIpc) is 1.74. The molecule has 4 heterocycles. The van der Waals surface area contributed by atoms with Crippen molar-refractivity contribution >= 4 is 53.7 Å². The fraction of sp³-hybridized carbons (Fsp3) is 0.160. The van der Waals surface area contributed by atoms with Crippen molar-refractivity contribution in [3.05, 3.63) is 129 Å². The summed E-state index contributed by atoms with van der Waals surface area (Å²) < 4.78 is 67.8. The molecule has 642 valence electrons. The van der Waals surface area contributed by atoms with Crippen LogP contribution in [0.3, 0.4) is 0 Å².